The molecule has 1 aromatic carbocycles. The van der Waals surface area contributed by atoms with Gasteiger partial charge in [-0.1, -0.05) is 26.0 Å². The molecule has 0 amide bonds. The van der Waals surface area contributed by atoms with E-state index in [0.29, 0.717) is 12.5 Å². The Morgan fingerprint density at radius 1 is 1.36 bits per heavy atom. The number of likely N-dealkylation sites (tertiary alicyclic amines) is 1. The smallest absolute Gasteiger partial charge is 0.191 e. The second-order valence-corrected chi connectivity index (χ2v) is 7.74. The summed E-state index contributed by atoms with van der Waals surface area (Å²) in [5.74, 6) is 1.32. The van der Waals surface area contributed by atoms with Crippen molar-refractivity contribution in [2.75, 3.05) is 39.8 Å². The molecule has 1 fully saturated rings. The molecule has 2 rings (SSSR count). The first-order valence-electron chi connectivity index (χ1n) is 9.37. The van der Waals surface area contributed by atoms with Crippen molar-refractivity contribution in [2.45, 2.75) is 39.0 Å². The van der Waals surface area contributed by atoms with Gasteiger partial charge in [0.25, 0.3) is 0 Å². The van der Waals surface area contributed by atoms with Gasteiger partial charge >= 0.3 is 0 Å². The molecule has 1 aliphatic heterocycles. The minimum Gasteiger partial charge on any atom is -0.357 e. The van der Waals surface area contributed by atoms with E-state index in [2.05, 4.69) is 43.4 Å². The van der Waals surface area contributed by atoms with Gasteiger partial charge in [-0.15, -0.1) is 0 Å². The van der Waals surface area contributed by atoms with Crippen LogP contribution in [0.15, 0.2) is 29.3 Å². The Kier molecular flexibility index (Phi) is 7.24. The number of halogens is 1. The van der Waals surface area contributed by atoms with Gasteiger partial charge in [-0.05, 0) is 57.0 Å². The Morgan fingerprint density at radius 3 is 2.84 bits per heavy atom. The molecule has 0 saturated carbocycles. The van der Waals surface area contributed by atoms with Crippen LogP contribution in [0.5, 0.6) is 0 Å². The Labute approximate surface area is 151 Å². The number of rotatable bonds is 6. The van der Waals surface area contributed by atoms with E-state index in [-0.39, 0.29) is 11.2 Å². The van der Waals surface area contributed by atoms with Crippen LogP contribution in [-0.4, -0.2) is 50.6 Å². The number of hydrogen-bond acceptors (Lipinski definition) is 2. The summed E-state index contributed by atoms with van der Waals surface area (Å²) in [5, 5.41) is 6.80. The van der Waals surface area contributed by atoms with Crippen molar-refractivity contribution < 1.29 is 4.39 Å². The zero-order valence-electron chi connectivity index (χ0n) is 16.1. The first kappa shape index (κ1) is 19.7. The molecule has 0 spiro atoms. The second kappa shape index (κ2) is 9.18. The SMILES string of the molecule is CCNC(=NCC(C)(C)c1cccc(F)c1)NCC1CCCN(C)C1. The zero-order chi connectivity index (χ0) is 18.3. The summed E-state index contributed by atoms with van der Waals surface area (Å²) in [7, 11) is 2.19. The molecule has 0 radical (unpaired) electrons. The van der Waals surface area contributed by atoms with Crippen molar-refractivity contribution in [1.82, 2.24) is 15.5 Å². The summed E-state index contributed by atoms with van der Waals surface area (Å²) in [4.78, 5) is 7.15. The molecule has 140 valence electrons. The maximum absolute atomic E-state index is 13.5. The van der Waals surface area contributed by atoms with Gasteiger partial charge in [-0.3, -0.25) is 4.99 Å². The van der Waals surface area contributed by atoms with E-state index >= 15 is 0 Å². The van der Waals surface area contributed by atoms with E-state index in [1.165, 1.54) is 25.5 Å². The lowest BCUT2D eigenvalue weighted by Crippen LogP contribution is -2.44. The summed E-state index contributed by atoms with van der Waals surface area (Å²) in [6, 6.07) is 6.82. The van der Waals surface area contributed by atoms with Crippen molar-refractivity contribution in [3.63, 3.8) is 0 Å². The van der Waals surface area contributed by atoms with Gasteiger partial charge in [0.2, 0.25) is 0 Å². The van der Waals surface area contributed by atoms with Crippen molar-refractivity contribution in [3.05, 3.63) is 35.6 Å². The molecule has 1 heterocycles. The molecule has 0 aromatic heterocycles. The van der Waals surface area contributed by atoms with E-state index < -0.39 is 0 Å². The minimum atomic E-state index is -0.213. The quantitative estimate of drug-likeness (QED) is 0.613. The molecule has 1 aromatic rings. The normalized spacial score (nSPS) is 19.7. The van der Waals surface area contributed by atoms with Crippen LogP contribution in [0.1, 0.15) is 39.2 Å². The monoisotopic (exact) mass is 348 g/mol. The van der Waals surface area contributed by atoms with Crippen molar-refractivity contribution in [1.29, 1.82) is 0 Å². The second-order valence-electron chi connectivity index (χ2n) is 7.74. The van der Waals surface area contributed by atoms with Crippen LogP contribution in [0, 0.1) is 11.7 Å². The predicted molar refractivity (Wildman–Crippen MR) is 104 cm³/mol. The van der Waals surface area contributed by atoms with Crippen LogP contribution < -0.4 is 10.6 Å². The topological polar surface area (TPSA) is 39.7 Å². The molecule has 1 aliphatic rings. The molecule has 2 N–H and O–H groups in total. The van der Waals surface area contributed by atoms with E-state index in [4.69, 9.17) is 4.99 Å². The Bertz CT molecular complexity index is 571. The van der Waals surface area contributed by atoms with Gasteiger partial charge in [-0.2, -0.15) is 0 Å². The summed E-state index contributed by atoms with van der Waals surface area (Å²) in [5.41, 5.74) is 0.760. The maximum atomic E-state index is 13.5. The van der Waals surface area contributed by atoms with Gasteiger partial charge in [0.1, 0.15) is 5.82 Å². The van der Waals surface area contributed by atoms with E-state index in [0.717, 1.165) is 31.2 Å². The molecular formula is C20H33FN4. The number of nitrogens with one attached hydrogen (secondary N) is 2. The average Bonchev–Trinajstić information content (AvgIpc) is 2.57. The third-order valence-corrected chi connectivity index (χ3v) is 4.86. The fourth-order valence-corrected chi connectivity index (χ4v) is 3.30. The molecule has 4 nitrogen and oxygen atoms in total. The molecule has 1 atom stereocenters. The molecule has 5 heteroatoms. The lowest BCUT2D eigenvalue weighted by Gasteiger charge is -2.30. The summed E-state index contributed by atoms with van der Waals surface area (Å²) in [6.45, 7) is 11.0. The fraction of sp³-hybridized carbons (Fsp3) is 0.650. The van der Waals surface area contributed by atoms with Crippen LogP contribution in [0.2, 0.25) is 0 Å². The summed E-state index contributed by atoms with van der Waals surface area (Å²) >= 11 is 0. The van der Waals surface area contributed by atoms with Crippen molar-refractivity contribution >= 4 is 5.96 Å². The van der Waals surface area contributed by atoms with Gasteiger partial charge in [-0.25, -0.2) is 4.39 Å². The highest BCUT2D eigenvalue weighted by atomic mass is 19.1. The highest BCUT2D eigenvalue weighted by Crippen LogP contribution is 2.24. The van der Waals surface area contributed by atoms with Crippen LogP contribution >= 0.6 is 0 Å². The Balaban J connectivity index is 1.95. The van der Waals surface area contributed by atoms with Crippen molar-refractivity contribution in [2.24, 2.45) is 10.9 Å². The predicted octanol–water partition coefficient (Wildman–Crippen LogP) is 3.00. The zero-order valence-corrected chi connectivity index (χ0v) is 16.1. The summed E-state index contributed by atoms with van der Waals surface area (Å²) < 4.78 is 13.5. The number of guanidine groups is 1. The van der Waals surface area contributed by atoms with Crippen LogP contribution in [-0.2, 0) is 5.41 Å². The van der Waals surface area contributed by atoms with Crippen LogP contribution in [0.4, 0.5) is 4.39 Å². The molecule has 1 unspecified atom stereocenters. The summed E-state index contributed by atoms with van der Waals surface area (Å²) in [6.07, 6.45) is 2.54. The Morgan fingerprint density at radius 2 is 2.16 bits per heavy atom. The molecule has 0 aliphatic carbocycles. The maximum Gasteiger partial charge on any atom is 0.191 e. The van der Waals surface area contributed by atoms with Gasteiger partial charge < -0.3 is 15.5 Å². The van der Waals surface area contributed by atoms with Gasteiger partial charge in [0, 0.05) is 25.0 Å². The number of hydrogen-bond donors (Lipinski definition) is 2. The number of piperidine rings is 1. The third-order valence-electron chi connectivity index (χ3n) is 4.86. The van der Waals surface area contributed by atoms with Gasteiger partial charge in [0.15, 0.2) is 5.96 Å². The molecule has 25 heavy (non-hydrogen) atoms. The third kappa shape index (κ3) is 6.31. The van der Waals surface area contributed by atoms with E-state index in [1.807, 2.05) is 6.07 Å². The van der Waals surface area contributed by atoms with Crippen LogP contribution in [0.3, 0.4) is 0 Å². The first-order valence-corrected chi connectivity index (χ1v) is 9.37. The van der Waals surface area contributed by atoms with E-state index in [9.17, 15) is 4.39 Å². The standard InChI is InChI=1S/C20H33FN4/c1-5-22-19(23-13-16-8-7-11-25(4)14-16)24-15-20(2,3)17-9-6-10-18(21)12-17/h6,9-10,12,16H,5,7-8,11,13-15H2,1-4H3,(H2,22,23,24). The highest BCUT2D eigenvalue weighted by Gasteiger charge is 2.21. The van der Waals surface area contributed by atoms with E-state index in [1.54, 1.807) is 12.1 Å². The lowest BCUT2D eigenvalue weighted by molar-refractivity contribution is 0.210. The highest BCUT2D eigenvalue weighted by molar-refractivity contribution is 5.79. The van der Waals surface area contributed by atoms with Crippen molar-refractivity contribution in [3.8, 4) is 0 Å². The average molecular weight is 349 g/mol. The Hall–Kier alpha value is -1.62. The number of nitrogens with zero attached hydrogens (tertiary/aromatic N) is 2. The number of aliphatic imine (C=N–C) groups is 1. The largest absolute Gasteiger partial charge is 0.357 e. The van der Waals surface area contributed by atoms with Crippen LogP contribution in [0.25, 0.3) is 0 Å². The minimum absolute atomic E-state index is 0.194. The molecular weight excluding hydrogens is 315 g/mol. The van der Waals surface area contributed by atoms with Gasteiger partial charge in [0.05, 0.1) is 6.54 Å². The molecule has 0 bridgehead atoms. The molecule has 1 saturated heterocycles. The lowest BCUT2D eigenvalue weighted by atomic mass is 9.85. The first-order chi connectivity index (χ1) is 11.9. The fourth-order valence-electron chi connectivity index (χ4n) is 3.30. The number of benzene rings is 1.